The maximum absolute atomic E-state index is 11.4. The van der Waals surface area contributed by atoms with E-state index in [1.54, 1.807) is 37.3 Å². The van der Waals surface area contributed by atoms with E-state index in [1.165, 1.54) is 24.4 Å². The molecule has 0 bridgehead atoms. The van der Waals surface area contributed by atoms with E-state index in [2.05, 4.69) is 5.32 Å². The fourth-order valence-electron chi connectivity index (χ4n) is 1.78. The molecule has 1 unspecified atom stereocenters. The molecule has 1 aromatic carbocycles. The monoisotopic (exact) mass is 287 g/mol. The van der Waals surface area contributed by atoms with Gasteiger partial charge in [0.25, 0.3) is 5.54 Å². The van der Waals surface area contributed by atoms with Crippen molar-refractivity contribution in [2.75, 3.05) is 14.1 Å². The topological polar surface area (TPSA) is 67.6 Å². The zero-order chi connectivity index (χ0) is 15.3. The van der Waals surface area contributed by atoms with E-state index in [0.717, 1.165) is 0 Å². The van der Waals surface area contributed by atoms with Crippen LogP contribution < -0.4 is 10.1 Å². The normalized spacial score (nSPS) is 20.8. The Hall–Kier alpha value is -2.76. The average molecular weight is 287 g/mol. The Morgan fingerprint density at radius 3 is 2.67 bits per heavy atom. The summed E-state index contributed by atoms with van der Waals surface area (Å²) in [5, 5.41) is 14.3. The van der Waals surface area contributed by atoms with Crippen LogP contribution in [0.3, 0.4) is 0 Å². The molecule has 1 aliphatic heterocycles. The number of nitrogens with zero attached hydrogens (tertiary/aromatic N) is 2. The van der Waals surface area contributed by atoms with E-state index in [4.69, 9.17) is 4.74 Å². The second-order valence-electron chi connectivity index (χ2n) is 4.83. The van der Waals surface area contributed by atoms with Gasteiger partial charge in [-0.05, 0) is 12.1 Å². The zero-order valence-electron chi connectivity index (χ0n) is 11.9. The van der Waals surface area contributed by atoms with Crippen LogP contribution in [0.1, 0.15) is 0 Å². The SMILES string of the molecule is CN(C)/C=C/C1([N+](=O)[O-])C=CNC(Oc2ccccc2)=C1. The Balaban J connectivity index is 2.27. The largest absolute Gasteiger partial charge is 0.441 e. The number of dihydropyridines is 1. The van der Waals surface area contributed by atoms with Crippen LogP contribution >= 0.6 is 0 Å². The van der Waals surface area contributed by atoms with Crippen LogP contribution in [-0.2, 0) is 0 Å². The molecule has 6 heteroatoms. The first kappa shape index (κ1) is 14.6. The van der Waals surface area contributed by atoms with E-state index < -0.39 is 5.54 Å². The minimum Gasteiger partial charge on any atom is -0.441 e. The number of para-hydroxylation sites is 1. The Bertz CT molecular complexity index is 593. The molecule has 1 heterocycles. The minimum atomic E-state index is -1.42. The minimum absolute atomic E-state index is 0.323. The summed E-state index contributed by atoms with van der Waals surface area (Å²) >= 11 is 0. The van der Waals surface area contributed by atoms with Crippen LogP contribution in [0.15, 0.2) is 66.8 Å². The number of nitrogens with one attached hydrogen (secondary N) is 1. The second kappa shape index (κ2) is 6.13. The molecule has 0 aromatic heterocycles. The predicted molar refractivity (Wildman–Crippen MR) is 80.0 cm³/mol. The summed E-state index contributed by atoms with van der Waals surface area (Å²) in [4.78, 5) is 12.8. The van der Waals surface area contributed by atoms with Crippen LogP contribution in [0, 0.1) is 10.1 Å². The second-order valence-corrected chi connectivity index (χ2v) is 4.83. The van der Waals surface area contributed by atoms with Crippen LogP contribution in [-0.4, -0.2) is 29.5 Å². The molecule has 0 amide bonds. The third-order valence-corrected chi connectivity index (χ3v) is 2.87. The van der Waals surface area contributed by atoms with Crippen molar-refractivity contribution < 1.29 is 9.66 Å². The Morgan fingerprint density at radius 2 is 2.05 bits per heavy atom. The lowest BCUT2D eigenvalue weighted by molar-refractivity contribution is -0.527. The Kier molecular flexibility index (Phi) is 4.27. The summed E-state index contributed by atoms with van der Waals surface area (Å²) < 4.78 is 5.61. The molecule has 21 heavy (non-hydrogen) atoms. The third kappa shape index (κ3) is 3.62. The van der Waals surface area contributed by atoms with Gasteiger partial charge in [0.1, 0.15) is 5.75 Å². The first-order valence-corrected chi connectivity index (χ1v) is 6.42. The van der Waals surface area contributed by atoms with Gasteiger partial charge in [-0.3, -0.25) is 10.1 Å². The fourth-order valence-corrected chi connectivity index (χ4v) is 1.78. The molecule has 2 rings (SSSR count). The van der Waals surface area contributed by atoms with E-state index in [9.17, 15) is 10.1 Å². The lowest BCUT2D eigenvalue weighted by atomic mass is 9.98. The van der Waals surface area contributed by atoms with Gasteiger partial charge in [-0.1, -0.05) is 18.2 Å². The number of hydrogen-bond donors (Lipinski definition) is 1. The molecule has 110 valence electrons. The molecule has 1 aliphatic rings. The van der Waals surface area contributed by atoms with Crippen molar-refractivity contribution >= 4 is 0 Å². The fraction of sp³-hybridized carbons (Fsp3) is 0.200. The lowest BCUT2D eigenvalue weighted by Crippen LogP contribution is -2.37. The average Bonchev–Trinajstić information content (AvgIpc) is 2.46. The summed E-state index contributed by atoms with van der Waals surface area (Å²) in [5.74, 6) is 0.934. The molecule has 0 saturated heterocycles. The van der Waals surface area contributed by atoms with Crippen molar-refractivity contribution in [2.45, 2.75) is 5.54 Å². The van der Waals surface area contributed by atoms with Crippen molar-refractivity contribution in [1.29, 1.82) is 0 Å². The molecule has 1 atom stereocenters. The van der Waals surface area contributed by atoms with Crippen molar-refractivity contribution in [2.24, 2.45) is 0 Å². The Labute approximate surface area is 123 Å². The van der Waals surface area contributed by atoms with Gasteiger partial charge in [-0.2, -0.15) is 0 Å². The summed E-state index contributed by atoms with van der Waals surface area (Å²) in [6, 6.07) is 9.10. The van der Waals surface area contributed by atoms with Gasteiger partial charge in [0, 0.05) is 43.6 Å². The highest BCUT2D eigenvalue weighted by Gasteiger charge is 2.38. The smallest absolute Gasteiger partial charge is 0.285 e. The first-order valence-electron chi connectivity index (χ1n) is 6.42. The zero-order valence-corrected chi connectivity index (χ0v) is 11.9. The molecule has 6 nitrogen and oxygen atoms in total. The van der Waals surface area contributed by atoms with Crippen LogP contribution in [0.4, 0.5) is 0 Å². The molecule has 0 saturated carbocycles. The van der Waals surface area contributed by atoms with Crippen molar-refractivity contribution in [3.05, 3.63) is 77.0 Å². The van der Waals surface area contributed by atoms with Crippen LogP contribution in [0.5, 0.6) is 5.75 Å². The van der Waals surface area contributed by atoms with Gasteiger partial charge >= 0.3 is 0 Å². The number of rotatable bonds is 5. The summed E-state index contributed by atoms with van der Waals surface area (Å²) in [6.07, 6.45) is 7.60. The molecular formula is C15H17N3O3. The molecule has 0 radical (unpaired) electrons. The standard InChI is InChI=1S/C15H17N3O3/c1-17(2)11-9-15(18(19)20)8-10-16-14(12-15)21-13-6-4-3-5-7-13/h3-12,16H,1-2H3/b11-9+. The van der Waals surface area contributed by atoms with Gasteiger partial charge in [-0.15, -0.1) is 0 Å². The summed E-state index contributed by atoms with van der Waals surface area (Å²) in [6.45, 7) is 0. The number of benzene rings is 1. The molecule has 1 aromatic rings. The number of nitro groups is 1. The first-order chi connectivity index (χ1) is 10.0. The van der Waals surface area contributed by atoms with E-state index >= 15 is 0 Å². The van der Waals surface area contributed by atoms with Crippen molar-refractivity contribution in [3.63, 3.8) is 0 Å². The predicted octanol–water partition coefficient (Wildman–Crippen LogP) is 2.11. The van der Waals surface area contributed by atoms with Gasteiger partial charge in [0.05, 0.1) is 6.08 Å². The molecule has 1 N–H and O–H groups in total. The number of hydrogen-bond acceptors (Lipinski definition) is 5. The van der Waals surface area contributed by atoms with Gasteiger partial charge < -0.3 is 15.0 Å². The van der Waals surface area contributed by atoms with E-state index in [0.29, 0.717) is 11.6 Å². The molecule has 0 spiro atoms. The third-order valence-electron chi connectivity index (χ3n) is 2.87. The van der Waals surface area contributed by atoms with Gasteiger partial charge in [0.15, 0.2) is 0 Å². The number of ether oxygens (including phenoxy) is 1. The molecule has 0 aliphatic carbocycles. The van der Waals surface area contributed by atoms with E-state index in [1.807, 2.05) is 18.2 Å². The highest BCUT2D eigenvalue weighted by atomic mass is 16.6. The highest BCUT2D eigenvalue weighted by Crippen LogP contribution is 2.23. The van der Waals surface area contributed by atoms with Crippen LogP contribution in [0.25, 0.3) is 0 Å². The Morgan fingerprint density at radius 1 is 1.33 bits per heavy atom. The van der Waals surface area contributed by atoms with Gasteiger partial charge in [-0.25, -0.2) is 0 Å². The highest BCUT2D eigenvalue weighted by molar-refractivity contribution is 5.31. The van der Waals surface area contributed by atoms with Crippen molar-refractivity contribution in [3.8, 4) is 5.75 Å². The quantitative estimate of drug-likeness (QED) is 0.663. The lowest BCUT2D eigenvalue weighted by Gasteiger charge is -2.21. The van der Waals surface area contributed by atoms with Crippen molar-refractivity contribution in [1.82, 2.24) is 10.2 Å². The maximum Gasteiger partial charge on any atom is 0.285 e. The van der Waals surface area contributed by atoms with Gasteiger partial charge in [0.2, 0.25) is 5.88 Å². The summed E-state index contributed by atoms with van der Waals surface area (Å²) in [7, 11) is 3.61. The molecular weight excluding hydrogens is 270 g/mol. The molecule has 0 fully saturated rings. The van der Waals surface area contributed by atoms with Crippen LogP contribution in [0.2, 0.25) is 0 Å². The maximum atomic E-state index is 11.4. The van der Waals surface area contributed by atoms with E-state index in [-0.39, 0.29) is 4.92 Å². The summed E-state index contributed by atoms with van der Waals surface area (Å²) in [5.41, 5.74) is -1.42.